The van der Waals surface area contributed by atoms with E-state index in [1.807, 2.05) is 0 Å². The lowest BCUT2D eigenvalue weighted by Gasteiger charge is -2.39. The zero-order valence-electron chi connectivity index (χ0n) is 14.9. The predicted octanol–water partition coefficient (Wildman–Crippen LogP) is 5.21. The van der Waals surface area contributed by atoms with Gasteiger partial charge in [0.15, 0.2) is 0 Å². The summed E-state index contributed by atoms with van der Waals surface area (Å²) in [6.07, 6.45) is 9.43. The Balaban J connectivity index is 1.70. The van der Waals surface area contributed by atoms with E-state index >= 15 is 0 Å². The van der Waals surface area contributed by atoms with Crippen molar-refractivity contribution in [3.05, 3.63) is 0 Å². The molecule has 0 radical (unpaired) electrons. The molecule has 3 saturated carbocycles. The third-order valence-electron chi connectivity index (χ3n) is 7.80. The maximum Gasteiger partial charge on any atom is 0.309 e. The van der Waals surface area contributed by atoms with Gasteiger partial charge in [0, 0.05) is 0 Å². The summed E-state index contributed by atoms with van der Waals surface area (Å²) in [6.45, 7) is 9.14. The molecule has 0 aromatic heterocycles. The highest BCUT2D eigenvalue weighted by atomic mass is 16.6. The van der Waals surface area contributed by atoms with E-state index in [9.17, 15) is 4.79 Å². The molecular weight excluding hydrogens is 272 g/mol. The fourth-order valence-electron chi connectivity index (χ4n) is 5.99. The van der Waals surface area contributed by atoms with Crippen LogP contribution in [0.3, 0.4) is 0 Å². The third-order valence-corrected chi connectivity index (χ3v) is 7.80. The van der Waals surface area contributed by atoms with Gasteiger partial charge >= 0.3 is 5.97 Å². The molecule has 2 heteroatoms. The van der Waals surface area contributed by atoms with Crippen LogP contribution < -0.4 is 0 Å². The van der Waals surface area contributed by atoms with Gasteiger partial charge in [-0.05, 0) is 68.1 Å². The molecule has 3 aliphatic rings. The van der Waals surface area contributed by atoms with Crippen molar-refractivity contribution in [2.45, 2.75) is 84.7 Å². The first kappa shape index (κ1) is 16.3. The molecule has 2 nitrogen and oxygen atoms in total. The number of hydrogen-bond donors (Lipinski definition) is 0. The first-order chi connectivity index (χ1) is 10.5. The van der Waals surface area contributed by atoms with Gasteiger partial charge in [-0.25, -0.2) is 0 Å². The minimum Gasteiger partial charge on any atom is -0.459 e. The third kappa shape index (κ3) is 2.51. The maximum absolute atomic E-state index is 13.0. The first-order valence-corrected chi connectivity index (χ1v) is 9.75. The maximum atomic E-state index is 13.0. The zero-order valence-corrected chi connectivity index (χ0v) is 14.9. The van der Waals surface area contributed by atoms with Crippen LogP contribution in [-0.4, -0.2) is 11.6 Å². The highest BCUT2D eigenvalue weighted by Gasteiger charge is 2.53. The predicted molar refractivity (Wildman–Crippen MR) is 89.4 cm³/mol. The van der Waals surface area contributed by atoms with Gasteiger partial charge in [-0.15, -0.1) is 0 Å². The average molecular weight is 306 g/mol. The van der Waals surface area contributed by atoms with E-state index in [1.165, 1.54) is 32.1 Å². The van der Waals surface area contributed by atoms with E-state index in [2.05, 4.69) is 27.7 Å². The van der Waals surface area contributed by atoms with Crippen molar-refractivity contribution >= 4 is 5.97 Å². The van der Waals surface area contributed by atoms with Crippen molar-refractivity contribution in [3.8, 4) is 0 Å². The molecule has 126 valence electrons. The van der Waals surface area contributed by atoms with E-state index in [0.717, 1.165) is 31.1 Å². The molecule has 0 aromatic rings. The summed E-state index contributed by atoms with van der Waals surface area (Å²) >= 11 is 0. The normalized spacial score (nSPS) is 38.6. The summed E-state index contributed by atoms with van der Waals surface area (Å²) in [7, 11) is 0. The van der Waals surface area contributed by atoms with E-state index in [1.54, 1.807) is 0 Å². The van der Waals surface area contributed by atoms with E-state index in [4.69, 9.17) is 4.74 Å². The summed E-state index contributed by atoms with van der Waals surface area (Å²) in [5.41, 5.74) is -0.176. The summed E-state index contributed by atoms with van der Waals surface area (Å²) in [6, 6.07) is 0. The highest BCUT2D eigenvalue weighted by molar-refractivity contribution is 5.74. The lowest BCUT2D eigenvalue weighted by Crippen LogP contribution is -2.43. The second-order valence-electron chi connectivity index (χ2n) is 8.39. The first-order valence-electron chi connectivity index (χ1n) is 9.75. The standard InChI is InChI=1S/C20H34O2/c1-5-20(6-2,16-9-7-8-10-16)22-19(21)18-12-15-11-17(18)14(4)13(15)3/h13-18H,5-12H2,1-4H3. The topological polar surface area (TPSA) is 26.3 Å². The summed E-state index contributed by atoms with van der Waals surface area (Å²) in [5.74, 6) is 3.77. The number of esters is 1. The van der Waals surface area contributed by atoms with Gasteiger partial charge in [0.05, 0.1) is 5.92 Å². The van der Waals surface area contributed by atoms with Crippen molar-refractivity contribution in [1.29, 1.82) is 0 Å². The molecular formula is C20H34O2. The summed E-state index contributed by atoms with van der Waals surface area (Å²) in [4.78, 5) is 13.0. The molecule has 0 spiro atoms. The Morgan fingerprint density at radius 2 is 1.68 bits per heavy atom. The summed E-state index contributed by atoms with van der Waals surface area (Å²) in [5, 5.41) is 0. The SMILES string of the molecule is CCC(CC)(OC(=O)C1CC2CC1C(C)C2C)C1CCCC1. The molecule has 3 aliphatic carbocycles. The van der Waals surface area contributed by atoms with Gasteiger partial charge in [0.2, 0.25) is 0 Å². The van der Waals surface area contributed by atoms with Gasteiger partial charge in [-0.2, -0.15) is 0 Å². The van der Waals surface area contributed by atoms with Crippen LogP contribution in [0.1, 0.15) is 79.1 Å². The smallest absolute Gasteiger partial charge is 0.309 e. The number of carbonyl (C=O) groups excluding carboxylic acids is 1. The van der Waals surface area contributed by atoms with Gasteiger partial charge < -0.3 is 4.74 Å². The number of hydrogen-bond acceptors (Lipinski definition) is 2. The molecule has 0 saturated heterocycles. The van der Waals surface area contributed by atoms with E-state index < -0.39 is 0 Å². The minimum atomic E-state index is -0.176. The van der Waals surface area contributed by atoms with Gasteiger partial charge in [-0.3, -0.25) is 4.79 Å². The Kier molecular flexibility index (Phi) is 4.58. The number of carbonyl (C=O) groups is 1. The molecule has 5 unspecified atom stereocenters. The second kappa shape index (κ2) is 6.17. The van der Waals surface area contributed by atoms with Crippen molar-refractivity contribution in [1.82, 2.24) is 0 Å². The Hall–Kier alpha value is -0.530. The molecule has 3 rings (SSSR count). The fraction of sp³-hybridized carbons (Fsp3) is 0.950. The highest BCUT2D eigenvalue weighted by Crippen LogP contribution is 2.55. The van der Waals surface area contributed by atoms with E-state index in [-0.39, 0.29) is 17.5 Å². The van der Waals surface area contributed by atoms with Crippen LogP contribution in [0.15, 0.2) is 0 Å². The van der Waals surface area contributed by atoms with Crippen LogP contribution in [0.4, 0.5) is 0 Å². The summed E-state index contributed by atoms with van der Waals surface area (Å²) < 4.78 is 6.30. The van der Waals surface area contributed by atoms with E-state index in [0.29, 0.717) is 17.8 Å². The molecule has 3 fully saturated rings. The lowest BCUT2D eigenvalue weighted by atomic mass is 9.75. The Morgan fingerprint density at radius 1 is 1.05 bits per heavy atom. The van der Waals surface area contributed by atoms with Gasteiger partial charge in [-0.1, -0.05) is 40.5 Å². The van der Waals surface area contributed by atoms with Crippen molar-refractivity contribution < 1.29 is 9.53 Å². The van der Waals surface area contributed by atoms with Crippen molar-refractivity contribution in [3.63, 3.8) is 0 Å². The molecule has 0 amide bonds. The number of rotatable bonds is 5. The quantitative estimate of drug-likeness (QED) is 0.652. The number of fused-ring (bicyclic) bond motifs is 2. The van der Waals surface area contributed by atoms with Crippen LogP contribution in [0.25, 0.3) is 0 Å². The largest absolute Gasteiger partial charge is 0.459 e. The minimum absolute atomic E-state index is 0.141. The zero-order chi connectivity index (χ0) is 15.9. The van der Waals surface area contributed by atoms with Crippen LogP contribution in [0, 0.1) is 35.5 Å². The molecule has 2 bridgehead atoms. The monoisotopic (exact) mass is 306 g/mol. The average Bonchev–Trinajstić information content (AvgIpc) is 3.24. The van der Waals surface area contributed by atoms with Crippen LogP contribution in [-0.2, 0) is 9.53 Å². The molecule has 22 heavy (non-hydrogen) atoms. The molecule has 0 aliphatic heterocycles. The molecule has 5 atom stereocenters. The van der Waals surface area contributed by atoms with Crippen LogP contribution in [0.2, 0.25) is 0 Å². The molecule has 0 N–H and O–H groups in total. The van der Waals surface area contributed by atoms with Gasteiger partial charge in [0.1, 0.15) is 5.60 Å². The van der Waals surface area contributed by atoms with Crippen LogP contribution >= 0.6 is 0 Å². The fourth-order valence-corrected chi connectivity index (χ4v) is 5.99. The van der Waals surface area contributed by atoms with Crippen LogP contribution in [0.5, 0.6) is 0 Å². The number of ether oxygens (including phenoxy) is 1. The second-order valence-corrected chi connectivity index (χ2v) is 8.39. The van der Waals surface area contributed by atoms with Gasteiger partial charge in [0.25, 0.3) is 0 Å². The van der Waals surface area contributed by atoms with Crippen molar-refractivity contribution in [2.24, 2.45) is 35.5 Å². The van der Waals surface area contributed by atoms with Crippen molar-refractivity contribution in [2.75, 3.05) is 0 Å². The molecule has 0 aromatic carbocycles. The Labute approximate surface area is 136 Å². The Bertz CT molecular complexity index is 404. The Morgan fingerprint density at radius 3 is 2.18 bits per heavy atom. The lowest BCUT2D eigenvalue weighted by molar-refractivity contribution is -0.175. The molecule has 0 heterocycles.